The zero-order valence-electron chi connectivity index (χ0n) is 10.2. The molecule has 0 atom stereocenters. The summed E-state index contributed by atoms with van der Waals surface area (Å²) in [6, 6.07) is 3.48. The first kappa shape index (κ1) is 13.5. The second-order valence-electron chi connectivity index (χ2n) is 4.04. The average Bonchev–Trinajstić information content (AvgIpc) is 2.23. The van der Waals surface area contributed by atoms with Gasteiger partial charge in [-0.3, -0.25) is 0 Å². The van der Waals surface area contributed by atoms with E-state index >= 15 is 0 Å². The zero-order valence-corrected chi connectivity index (χ0v) is 11.8. The van der Waals surface area contributed by atoms with E-state index in [0.29, 0.717) is 4.47 Å². The second-order valence-corrected chi connectivity index (χ2v) is 4.89. The summed E-state index contributed by atoms with van der Waals surface area (Å²) < 4.78 is 13.9. The van der Waals surface area contributed by atoms with Gasteiger partial charge < -0.3 is 4.90 Å². The number of aryl methyl sites for hydroxylation is 1. The van der Waals surface area contributed by atoms with Crippen molar-refractivity contribution in [2.24, 2.45) is 0 Å². The van der Waals surface area contributed by atoms with Crippen LogP contribution in [0.5, 0.6) is 0 Å². The highest BCUT2D eigenvalue weighted by atomic mass is 79.9. The molecule has 0 bridgehead atoms. The Hall–Kier alpha value is -0.570. The van der Waals surface area contributed by atoms with Crippen molar-refractivity contribution in [2.75, 3.05) is 18.0 Å². The average molecular weight is 288 g/mol. The standard InChI is InChI=1S/C13H19BrFN/c1-4-6-16(7-5-2)13-9-11(14)12(15)8-10(13)3/h8-9H,4-7H2,1-3H3. The number of anilines is 1. The highest BCUT2D eigenvalue weighted by Crippen LogP contribution is 2.27. The van der Waals surface area contributed by atoms with Crippen LogP contribution in [0.2, 0.25) is 0 Å². The molecule has 0 fully saturated rings. The van der Waals surface area contributed by atoms with Crippen molar-refractivity contribution in [2.45, 2.75) is 33.6 Å². The molecule has 0 aliphatic carbocycles. The van der Waals surface area contributed by atoms with Crippen LogP contribution in [0.3, 0.4) is 0 Å². The maximum Gasteiger partial charge on any atom is 0.137 e. The van der Waals surface area contributed by atoms with E-state index in [1.807, 2.05) is 13.0 Å². The maximum absolute atomic E-state index is 13.3. The maximum atomic E-state index is 13.3. The number of hydrogen-bond acceptors (Lipinski definition) is 1. The fraction of sp³-hybridized carbons (Fsp3) is 0.538. The van der Waals surface area contributed by atoms with E-state index in [9.17, 15) is 4.39 Å². The molecule has 16 heavy (non-hydrogen) atoms. The Kier molecular flexibility index (Phi) is 5.26. The molecule has 0 aliphatic rings. The molecule has 0 N–H and O–H groups in total. The Morgan fingerprint density at radius 2 is 1.75 bits per heavy atom. The van der Waals surface area contributed by atoms with Gasteiger partial charge in [0, 0.05) is 18.8 Å². The minimum atomic E-state index is -0.186. The third kappa shape index (κ3) is 3.21. The Labute approximate surface area is 106 Å². The molecule has 0 saturated carbocycles. The summed E-state index contributed by atoms with van der Waals surface area (Å²) in [4.78, 5) is 2.32. The fourth-order valence-corrected chi connectivity index (χ4v) is 2.20. The molecular weight excluding hydrogens is 269 g/mol. The van der Waals surface area contributed by atoms with Gasteiger partial charge in [0.15, 0.2) is 0 Å². The Morgan fingerprint density at radius 3 is 2.25 bits per heavy atom. The van der Waals surface area contributed by atoms with Gasteiger partial charge >= 0.3 is 0 Å². The molecule has 0 saturated heterocycles. The van der Waals surface area contributed by atoms with E-state index in [2.05, 4.69) is 34.7 Å². The van der Waals surface area contributed by atoms with E-state index in [0.717, 1.165) is 37.2 Å². The molecule has 1 nitrogen and oxygen atoms in total. The number of hydrogen-bond donors (Lipinski definition) is 0. The third-order valence-electron chi connectivity index (χ3n) is 2.57. The van der Waals surface area contributed by atoms with Crippen molar-refractivity contribution < 1.29 is 4.39 Å². The van der Waals surface area contributed by atoms with Crippen LogP contribution in [0.1, 0.15) is 32.3 Å². The lowest BCUT2D eigenvalue weighted by Crippen LogP contribution is -2.25. The molecule has 1 aromatic rings. The lowest BCUT2D eigenvalue weighted by molar-refractivity contribution is 0.619. The van der Waals surface area contributed by atoms with Crippen molar-refractivity contribution in [3.63, 3.8) is 0 Å². The normalized spacial score (nSPS) is 10.6. The molecule has 90 valence electrons. The van der Waals surface area contributed by atoms with Crippen LogP contribution in [0.25, 0.3) is 0 Å². The molecule has 1 rings (SSSR count). The highest BCUT2D eigenvalue weighted by Gasteiger charge is 2.10. The zero-order chi connectivity index (χ0) is 12.1. The van der Waals surface area contributed by atoms with Crippen LogP contribution in [0.4, 0.5) is 10.1 Å². The van der Waals surface area contributed by atoms with E-state index in [-0.39, 0.29) is 5.82 Å². The van der Waals surface area contributed by atoms with Gasteiger partial charge in [-0.15, -0.1) is 0 Å². The van der Waals surface area contributed by atoms with Crippen LogP contribution < -0.4 is 4.90 Å². The first-order chi connectivity index (χ1) is 7.60. The van der Waals surface area contributed by atoms with Crippen LogP contribution in [0.15, 0.2) is 16.6 Å². The Balaban J connectivity index is 3.03. The molecule has 3 heteroatoms. The summed E-state index contributed by atoms with van der Waals surface area (Å²) in [5.74, 6) is -0.186. The molecule has 0 radical (unpaired) electrons. The summed E-state index contributed by atoms with van der Waals surface area (Å²) in [5.41, 5.74) is 2.14. The van der Waals surface area contributed by atoms with Gasteiger partial charge in [0.2, 0.25) is 0 Å². The minimum Gasteiger partial charge on any atom is -0.371 e. The first-order valence-corrected chi connectivity index (χ1v) is 6.60. The number of halogens is 2. The number of rotatable bonds is 5. The topological polar surface area (TPSA) is 3.24 Å². The van der Waals surface area contributed by atoms with Crippen molar-refractivity contribution in [3.8, 4) is 0 Å². The quantitative estimate of drug-likeness (QED) is 0.769. The predicted octanol–water partition coefficient (Wildman–Crippen LogP) is 4.52. The van der Waals surface area contributed by atoms with Gasteiger partial charge in [-0.1, -0.05) is 13.8 Å². The van der Waals surface area contributed by atoms with Crippen molar-refractivity contribution in [1.29, 1.82) is 0 Å². The lowest BCUT2D eigenvalue weighted by Gasteiger charge is -2.26. The van der Waals surface area contributed by atoms with Gasteiger partial charge in [0.25, 0.3) is 0 Å². The van der Waals surface area contributed by atoms with E-state index in [1.54, 1.807) is 6.07 Å². The molecule has 0 unspecified atom stereocenters. The second kappa shape index (κ2) is 6.24. The lowest BCUT2D eigenvalue weighted by atomic mass is 10.1. The summed E-state index contributed by atoms with van der Waals surface area (Å²) in [5, 5.41) is 0. The van der Waals surface area contributed by atoms with Crippen molar-refractivity contribution in [3.05, 3.63) is 28.0 Å². The van der Waals surface area contributed by atoms with Crippen molar-refractivity contribution >= 4 is 21.6 Å². The van der Waals surface area contributed by atoms with E-state index in [1.165, 1.54) is 0 Å². The van der Waals surface area contributed by atoms with Gasteiger partial charge in [-0.05, 0) is 53.4 Å². The smallest absolute Gasteiger partial charge is 0.137 e. The summed E-state index contributed by atoms with van der Waals surface area (Å²) in [6.45, 7) is 8.33. The van der Waals surface area contributed by atoms with Crippen LogP contribution in [0, 0.1) is 12.7 Å². The number of nitrogens with zero attached hydrogens (tertiary/aromatic N) is 1. The minimum absolute atomic E-state index is 0.186. The Bertz CT molecular complexity index is 346. The van der Waals surface area contributed by atoms with Crippen LogP contribution >= 0.6 is 15.9 Å². The monoisotopic (exact) mass is 287 g/mol. The van der Waals surface area contributed by atoms with Gasteiger partial charge in [0.1, 0.15) is 5.82 Å². The molecule has 0 aliphatic heterocycles. The molecule has 0 aromatic heterocycles. The van der Waals surface area contributed by atoms with Crippen molar-refractivity contribution in [1.82, 2.24) is 0 Å². The summed E-state index contributed by atoms with van der Waals surface area (Å²) in [6.07, 6.45) is 2.21. The third-order valence-corrected chi connectivity index (χ3v) is 3.17. The highest BCUT2D eigenvalue weighted by molar-refractivity contribution is 9.10. The largest absolute Gasteiger partial charge is 0.371 e. The molecule has 0 amide bonds. The number of benzene rings is 1. The molecule has 0 heterocycles. The summed E-state index contributed by atoms with van der Waals surface area (Å²) in [7, 11) is 0. The van der Waals surface area contributed by atoms with Gasteiger partial charge in [-0.2, -0.15) is 0 Å². The van der Waals surface area contributed by atoms with Gasteiger partial charge in [-0.25, -0.2) is 4.39 Å². The van der Waals surface area contributed by atoms with Crippen LogP contribution in [-0.4, -0.2) is 13.1 Å². The van der Waals surface area contributed by atoms with Crippen LogP contribution in [-0.2, 0) is 0 Å². The SMILES string of the molecule is CCCN(CCC)c1cc(Br)c(F)cc1C. The molecule has 1 aromatic carbocycles. The van der Waals surface area contributed by atoms with E-state index in [4.69, 9.17) is 0 Å². The Morgan fingerprint density at radius 1 is 1.19 bits per heavy atom. The molecular formula is C13H19BrFN. The predicted molar refractivity (Wildman–Crippen MR) is 71.6 cm³/mol. The molecule has 0 spiro atoms. The van der Waals surface area contributed by atoms with E-state index < -0.39 is 0 Å². The van der Waals surface area contributed by atoms with Gasteiger partial charge in [0.05, 0.1) is 4.47 Å². The fourth-order valence-electron chi connectivity index (χ4n) is 1.87. The summed E-state index contributed by atoms with van der Waals surface area (Å²) >= 11 is 3.25. The first-order valence-electron chi connectivity index (χ1n) is 5.80.